The van der Waals surface area contributed by atoms with Crippen molar-refractivity contribution in [2.45, 2.75) is 37.9 Å². The van der Waals surface area contributed by atoms with E-state index < -0.39 is 22.8 Å². The van der Waals surface area contributed by atoms with Gasteiger partial charge in [-0.2, -0.15) is 0 Å². The van der Waals surface area contributed by atoms with E-state index in [1.807, 2.05) is 0 Å². The first-order valence-corrected chi connectivity index (χ1v) is 8.29. The van der Waals surface area contributed by atoms with Crippen LogP contribution in [-0.2, 0) is 11.2 Å². The van der Waals surface area contributed by atoms with E-state index in [1.165, 1.54) is 44.2 Å². The van der Waals surface area contributed by atoms with Crippen LogP contribution in [0.1, 0.15) is 37.9 Å². The molecule has 4 nitrogen and oxygen atoms in total. The number of halogens is 2. The molecule has 0 amide bonds. The van der Waals surface area contributed by atoms with E-state index in [0.29, 0.717) is 5.56 Å². The third-order valence-corrected chi connectivity index (χ3v) is 4.74. The highest BCUT2D eigenvalue weighted by atomic mass is 19.1. The van der Waals surface area contributed by atoms with E-state index in [0.717, 1.165) is 12.8 Å². The van der Waals surface area contributed by atoms with Gasteiger partial charge in [0.05, 0.1) is 11.3 Å². The normalized spacial score (nSPS) is 17.4. The Balaban J connectivity index is 2.23. The minimum absolute atomic E-state index is 0.0179. The molecule has 0 aliphatic heterocycles. The Hall–Kier alpha value is -1.89. The molecule has 25 heavy (non-hydrogen) atoms. The standard InChI is InChI=1S/C19H22F2N2O2/c1-18(2,24)14-9-15(19(25,10-22)12-5-6-12)23-17(16(14)21)11-3-7-13(20)8-4-11/h3-4,7-9,12,24-25H,5-6,10,22H2,1-2H3/t19-/m1/s1. The van der Waals surface area contributed by atoms with Gasteiger partial charge in [-0.15, -0.1) is 0 Å². The topological polar surface area (TPSA) is 79.4 Å². The fraction of sp³-hybridized carbons (Fsp3) is 0.421. The summed E-state index contributed by atoms with van der Waals surface area (Å²) >= 11 is 0. The lowest BCUT2D eigenvalue weighted by atomic mass is 9.88. The highest BCUT2D eigenvalue weighted by molar-refractivity contribution is 5.62. The van der Waals surface area contributed by atoms with Crippen molar-refractivity contribution in [3.63, 3.8) is 0 Å². The van der Waals surface area contributed by atoms with Crippen molar-refractivity contribution in [3.8, 4) is 11.3 Å². The van der Waals surface area contributed by atoms with Crippen molar-refractivity contribution in [1.29, 1.82) is 0 Å². The zero-order chi connectivity index (χ0) is 18.4. The number of pyridine rings is 1. The predicted octanol–water partition coefficient (Wildman–Crippen LogP) is 2.81. The van der Waals surface area contributed by atoms with Gasteiger partial charge in [0.15, 0.2) is 5.82 Å². The maximum Gasteiger partial charge on any atom is 0.155 e. The SMILES string of the molecule is CC(C)(O)c1cc([C@@](O)(CN)C2CC2)nc(-c2ccc(F)cc2)c1F. The van der Waals surface area contributed by atoms with Crippen LogP contribution in [0, 0.1) is 17.6 Å². The lowest BCUT2D eigenvalue weighted by Gasteiger charge is -2.29. The second-order valence-electron chi connectivity index (χ2n) is 7.19. The van der Waals surface area contributed by atoms with Crippen LogP contribution in [0.4, 0.5) is 8.78 Å². The van der Waals surface area contributed by atoms with Gasteiger partial charge >= 0.3 is 0 Å². The molecule has 6 heteroatoms. The van der Waals surface area contributed by atoms with Crippen LogP contribution in [-0.4, -0.2) is 21.7 Å². The monoisotopic (exact) mass is 348 g/mol. The summed E-state index contributed by atoms with van der Waals surface area (Å²) in [5.74, 6) is -1.18. The molecule has 1 aliphatic carbocycles. The molecule has 0 bridgehead atoms. The summed E-state index contributed by atoms with van der Waals surface area (Å²) in [4.78, 5) is 4.31. The molecule has 134 valence electrons. The third kappa shape index (κ3) is 3.29. The van der Waals surface area contributed by atoms with Gasteiger partial charge in [-0.05, 0) is 62.9 Å². The average molecular weight is 348 g/mol. The Kier molecular flexibility index (Phi) is 4.39. The summed E-state index contributed by atoms with van der Waals surface area (Å²) in [5.41, 5.74) is 3.51. The zero-order valence-electron chi connectivity index (χ0n) is 14.3. The van der Waals surface area contributed by atoms with Crippen molar-refractivity contribution in [2.24, 2.45) is 11.7 Å². The highest BCUT2D eigenvalue weighted by Crippen LogP contribution is 2.46. The van der Waals surface area contributed by atoms with Gasteiger partial charge in [0.25, 0.3) is 0 Å². The number of nitrogens with two attached hydrogens (primary N) is 1. The molecule has 1 aliphatic rings. The number of aromatic nitrogens is 1. The van der Waals surface area contributed by atoms with Crippen molar-refractivity contribution >= 4 is 0 Å². The zero-order valence-corrected chi connectivity index (χ0v) is 14.3. The third-order valence-electron chi connectivity index (χ3n) is 4.74. The fourth-order valence-corrected chi connectivity index (χ4v) is 3.04. The van der Waals surface area contributed by atoms with Crippen LogP contribution in [0.3, 0.4) is 0 Å². The largest absolute Gasteiger partial charge is 0.386 e. The molecule has 3 rings (SSSR count). The van der Waals surface area contributed by atoms with Crippen molar-refractivity contribution in [2.75, 3.05) is 6.54 Å². The molecule has 1 aromatic carbocycles. The van der Waals surface area contributed by atoms with Gasteiger partial charge in [-0.25, -0.2) is 13.8 Å². The Morgan fingerprint density at radius 1 is 1.16 bits per heavy atom. The molecule has 0 unspecified atom stereocenters. The van der Waals surface area contributed by atoms with E-state index in [4.69, 9.17) is 5.73 Å². The van der Waals surface area contributed by atoms with Gasteiger partial charge < -0.3 is 15.9 Å². The molecule has 0 radical (unpaired) electrons. The van der Waals surface area contributed by atoms with Crippen molar-refractivity contribution in [1.82, 2.24) is 4.98 Å². The second kappa shape index (κ2) is 6.12. The maximum absolute atomic E-state index is 15.0. The van der Waals surface area contributed by atoms with E-state index in [2.05, 4.69) is 4.98 Å². The smallest absolute Gasteiger partial charge is 0.155 e. The quantitative estimate of drug-likeness (QED) is 0.776. The van der Waals surface area contributed by atoms with Gasteiger partial charge in [0.2, 0.25) is 0 Å². The molecule has 1 saturated carbocycles. The van der Waals surface area contributed by atoms with Crippen LogP contribution >= 0.6 is 0 Å². The van der Waals surface area contributed by atoms with Crippen LogP contribution in [0.15, 0.2) is 30.3 Å². The number of aliphatic hydroxyl groups is 2. The number of hydrogen-bond donors (Lipinski definition) is 3. The molecule has 4 N–H and O–H groups in total. The summed E-state index contributed by atoms with van der Waals surface area (Å²) in [6, 6.07) is 6.63. The summed E-state index contributed by atoms with van der Waals surface area (Å²) in [6.45, 7) is 2.87. The lowest BCUT2D eigenvalue weighted by molar-refractivity contribution is 0.0169. The first-order chi connectivity index (χ1) is 11.7. The van der Waals surface area contributed by atoms with Crippen LogP contribution in [0.5, 0.6) is 0 Å². The van der Waals surface area contributed by atoms with E-state index >= 15 is 4.39 Å². The molecule has 1 atom stereocenters. The van der Waals surface area contributed by atoms with E-state index in [1.54, 1.807) is 0 Å². The molecule has 0 spiro atoms. The first kappa shape index (κ1) is 17.9. The second-order valence-corrected chi connectivity index (χ2v) is 7.19. The molecule has 2 aromatic rings. The Morgan fingerprint density at radius 2 is 1.76 bits per heavy atom. The molecule has 1 fully saturated rings. The van der Waals surface area contributed by atoms with Crippen molar-refractivity contribution in [3.05, 3.63) is 53.2 Å². The molecular formula is C19H22F2N2O2. The van der Waals surface area contributed by atoms with Crippen molar-refractivity contribution < 1.29 is 19.0 Å². The lowest BCUT2D eigenvalue weighted by Crippen LogP contribution is -2.38. The van der Waals surface area contributed by atoms with Crippen LogP contribution in [0.2, 0.25) is 0 Å². The maximum atomic E-state index is 15.0. The molecule has 1 heterocycles. The Bertz CT molecular complexity index is 783. The predicted molar refractivity (Wildman–Crippen MR) is 90.5 cm³/mol. The summed E-state index contributed by atoms with van der Waals surface area (Å²) < 4.78 is 28.2. The number of rotatable bonds is 5. The summed E-state index contributed by atoms with van der Waals surface area (Å²) in [5, 5.41) is 21.3. The van der Waals surface area contributed by atoms with Gasteiger partial charge in [0, 0.05) is 17.7 Å². The summed E-state index contributed by atoms with van der Waals surface area (Å²) in [7, 11) is 0. The number of hydrogen-bond acceptors (Lipinski definition) is 4. The van der Waals surface area contributed by atoms with Gasteiger partial charge in [-0.1, -0.05) is 0 Å². The minimum Gasteiger partial charge on any atom is -0.386 e. The van der Waals surface area contributed by atoms with Gasteiger partial charge in [-0.3, -0.25) is 0 Å². The average Bonchev–Trinajstić information content (AvgIpc) is 3.39. The number of nitrogens with zero attached hydrogens (tertiary/aromatic N) is 1. The molecule has 0 saturated heterocycles. The number of benzene rings is 1. The van der Waals surface area contributed by atoms with E-state index in [9.17, 15) is 14.6 Å². The minimum atomic E-state index is -1.48. The van der Waals surface area contributed by atoms with Gasteiger partial charge in [0.1, 0.15) is 17.1 Å². The fourth-order valence-electron chi connectivity index (χ4n) is 3.04. The Morgan fingerprint density at radius 3 is 2.24 bits per heavy atom. The summed E-state index contributed by atoms with van der Waals surface area (Å²) in [6.07, 6.45) is 1.63. The highest BCUT2D eigenvalue weighted by Gasteiger charge is 2.46. The van der Waals surface area contributed by atoms with Crippen LogP contribution < -0.4 is 5.73 Å². The van der Waals surface area contributed by atoms with E-state index in [-0.39, 0.29) is 29.4 Å². The molecule has 1 aromatic heterocycles. The Labute approximate surface area is 145 Å². The molecular weight excluding hydrogens is 326 g/mol. The first-order valence-electron chi connectivity index (χ1n) is 8.29. The van der Waals surface area contributed by atoms with Crippen LogP contribution in [0.25, 0.3) is 11.3 Å².